The number of hydrogen-bond acceptors (Lipinski definition) is 5. The molecule has 0 unspecified atom stereocenters. The molecule has 0 saturated carbocycles. The van der Waals surface area contributed by atoms with Crippen molar-refractivity contribution in [1.82, 2.24) is 14.6 Å². The van der Waals surface area contributed by atoms with Gasteiger partial charge in [0.15, 0.2) is 5.65 Å². The molecule has 4 rings (SSSR count). The Morgan fingerprint density at radius 3 is 2.45 bits per heavy atom. The minimum atomic E-state index is -0.940. The number of nitrogens with one attached hydrogen (secondary N) is 1. The van der Waals surface area contributed by atoms with E-state index in [9.17, 15) is 9.90 Å². The van der Waals surface area contributed by atoms with E-state index in [0.717, 1.165) is 48.7 Å². The van der Waals surface area contributed by atoms with Gasteiger partial charge in [0, 0.05) is 30.8 Å². The predicted octanol–water partition coefficient (Wildman–Crippen LogP) is 3.51. The van der Waals surface area contributed by atoms with Gasteiger partial charge in [-0.2, -0.15) is 9.61 Å². The molecule has 3 aromatic rings. The lowest BCUT2D eigenvalue weighted by Gasteiger charge is -2.29. The van der Waals surface area contributed by atoms with Crippen molar-refractivity contribution in [3.05, 3.63) is 53.2 Å². The van der Waals surface area contributed by atoms with Crippen LogP contribution in [0, 0.1) is 6.92 Å². The zero-order valence-electron chi connectivity index (χ0n) is 17.1. The van der Waals surface area contributed by atoms with Gasteiger partial charge in [-0.3, -0.25) is 4.79 Å². The molecule has 3 heterocycles. The van der Waals surface area contributed by atoms with Crippen molar-refractivity contribution in [2.45, 2.75) is 45.6 Å². The van der Waals surface area contributed by atoms with Crippen LogP contribution in [0.1, 0.15) is 54.7 Å². The average Bonchev–Trinajstić information content (AvgIpc) is 3.07. The Morgan fingerprint density at radius 2 is 1.79 bits per heavy atom. The number of fused-ring (bicyclic) bond motifs is 1. The first-order valence-corrected chi connectivity index (χ1v) is 10.1. The maximum atomic E-state index is 12.8. The second-order valence-electron chi connectivity index (χ2n) is 8.19. The number of benzene rings is 1. The summed E-state index contributed by atoms with van der Waals surface area (Å²) in [5.41, 5.74) is 1.95. The quantitative estimate of drug-likeness (QED) is 0.709. The minimum Gasteiger partial charge on any atom is -0.386 e. The van der Waals surface area contributed by atoms with Crippen LogP contribution >= 0.6 is 0 Å². The lowest BCUT2D eigenvalue weighted by atomic mass is 9.97. The summed E-state index contributed by atoms with van der Waals surface area (Å²) < 4.78 is 1.86. The molecule has 152 valence electrons. The number of nitrogens with zero attached hydrogens (tertiary/aromatic N) is 4. The Balaban J connectivity index is 1.62. The van der Waals surface area contributed by atoms with E-state index in [4.69, 9.17) is 0 Å². The first kappa shape index (κ1) is 19.4. The van der Waals surface area contributed by atoms with Gasteiger partial charge in [-0.05, 0) is 57.7 Å². The van der Waals surface area contributed by atoms with Crippen molar-refractivity contribution in [3.8, 4) is 0 Å². The van der Waals surface area contributed by atoms with Gasteiger partial charge >= 0.3 is 0 Å². The molecular weight excluding hydrogens is 366 g/mol. The van der Waals surface area contributed by atoms with Crippen LogP contribution in [-0.4, -0.2) is 38.7 Å². The topological polar surface area (TPSA) is 82.8 Å². The first-order valence-electron chi connectivity index (χ1n) is 10.1. The van der Waals surface area contributed by atoms with E-state index < -0.39 is 5.60 Å². The van der Waals surface area contributed by atoms with E-state index in [1.54, 1.807) is 38.1 Å². The summed E-state index contributed by atoms with van der Waals surface area (Å²) >= 11 is 0. The molecule has 7 nitrogen and oxygen atoms in total. The van der Waals surface area contributed by atoms with Crippen molar-refractivity contribution in [2.24, 2.45) is 0 Å². The highest BCUT2D eigenvalue weighted by Gasteiger charge is 2.19. The van der Waals surface area contributed by atoms with Crippen LogP contribution in [0.15, 0.2) is 36.4 Å². The van der Waals surface area contributed by atoms with Crippen LogP contribution in [0.25, 0.3) is 5.65 Å². The Bertz CT molecular complexity index is 1030. The Kier molecular flexibility index (Phi) is 5.00. The van der Waals surface area contributed by atoms with Crippen molar-refractivity contribution in [2.75, 3.05) is 23.3 Å². The zero-order valence-corrected chi connectivity index (χ0v) is 17.1. The van der Waals surface area contributed by atoms with Gasteiger partial charge in [-0.15, -0.1) is 0 Å². The lowest BCUT2D eigenvalue weighted by Crippen LogP contribution is -2.31. The summed E-state index contributed by atoms with van der Waals surface area (Å²) in [6.07, 6.45) is 3.55. The number of amides is 1. The zero-order chi connectivity index (χ0) is 20.6. The summed E-state index contributed by atoms with van der Waals surface area (Å²) in [6, 6.07) is 10.8. The smallest absolute Gasteiger partial charge is 0.256 e. The predicted molar refractivity (Wildman–Crippen MR) is 113 cm³/mol. The number of aromatic nitrogens is 3. The molecule has 1 aromatic carbocycles. The molecule has 2 aromatic heterocycles. The maximum absolute atomic E-state index is 12.8. The highest BCUT2D eigenvalue weighted by atomic mass is 16.3. The summed E-state index contributed by atoms with van der Waals surface area (Å²) in [7, 11) is 0. The van der Waals surface area contributed by atoms with Gasteiger partial charge in [0.25, 0.3) is 5.91 Å². The molecule has 1 amide bonds. The Morgan fingerprint density at radius 1 is 1.10 bits per heavy atom. The van der Waals surface area contributed by atoms with Gasteiger partial charge in [-0.25, -0.2) is 4.98 Å². The average molecular weight is 393 g/mol. The van der Waals surface area contributed by atoms with Gasteiger partial charge in [0.05, 0.1) is 11.3 Å². The third-order valence-corrected chi connectivity index (χ3v) is 5.31. The van der Waals surface area contributed by atoms with Gasteiger partial charge < -0.3 is 15.3 Å². The highest BCUT2D eigenvalue weighted by molar-refractivity contribution is 6.04. The number of aryl methyl sites for hydroxylation is 1. The van der Waals surface area contributed by atoms with Crippen molar-refractivity contribution < 1.29 is 9.90 Å². The SMILES string of the molecule is Cc1cc2nc(NC(=O)c3ccc(C(C)(C)O)cc3)cc(N3CCCCC3)n2n1. The van der Waals surface area contributed by atoms with E-state index in [0.29, 0.717) is 11.4 Å². The molecular formula is C22H27N5O2. The van der Waals surface area contributed by atoms with Crippen LogP contribution in [0.3, 0.4) is 0 Å². The molecule has 0 spiro atoms. The lowest BCUT2D eigenvalue weighted by molar-refractivity contribution is 0.0785. The van der Waals surface area contributed by atoms with E-state index in [2.05, 4.69) is 20.3 Å². The molecule has 1 aliphatic heterocycles. The summed E-state index contributed by atoms with van der Waals surface area (Å²) in [5.74, 6) is 1.23. The standard InChI is InChI=1S/C22H27N5O2/c1-15-13-19-23-18(14-20(27(19)25-15)26-11-5-4-6-12-26)24-21(28)16-7-9-17(10-8-16)22(2,3)29/h7-10,13-14,29H,4-6,11-12H2,1-3H3,(H,23,24,28). The van der Waals surface area contributed by atoms with Gasteiger partial charge in [0.2, 0.25) is 0 Å². The van der Waals surface area contributed by atoms with Crippen molar-refractivity contribution in [1.29, 1.82) is 0 Å². The van der Waals surface area contributed by atoms with E-state index in [1.165, 1.54) is 6.42 Å². The first-order chi connectivity index (χ1) is 13.8. The molecule has 7 heteroatoms. The molecule has 1 fully saturated rings. The van der Waals surface area contributed by atoms with Crippen LogP contribution in [-0.2, 0) is 5.60 Å². The molecule has 1 saturated heterocycles. The molecule has 0 atom stereocenters. The highest BCUT2D eigenvalue weighted by Crippen LogP contribution is 2.25. The van der Waals surface area contributed by atoms with E-state index in [1.807, 2.05) is 23.6 Å². The van der Waals surface area contributed by atoms with Crippen LogP contribution in [0.4, 0.5) is 11.6 Å². The minimum absolute atomic E-state index is 0.232. The summed E-state index contributed by atoms with van der Waals surface area (Å²) in [5, 5.41) is 17.6. The number of carbonyl (C=O) groups is 1. The summed E-state index contributed by atoms with van der Waals surface area (Å²) in [6.45, 7) is 7.33. The molecule has 0 radical (unpaired) electrons. The fourth-order valence-electron chi connectivity index (χ4n) is 3.70. The molecule has 29 heavy (non-hydrogen) atoms. The number of carbonyl (C=O) groups excluding carboxylic acids is 1. The molecule has 1 aliphatic rings. The monoisotopic (exact) mass is 393 g/mol. The molecule has 2 N–H and O–H groups in total. The second-order valence-corrected chi connectivity index (χ2v) is 8.19. The fourth-order valence-corrected chi connectivity index (χ4v) is 3.70. The van der Waals surface area contributed by atoms with Crippen LogP contribution in [0.2, 0.25) is 0 Å². The van der Waals surface area contributed by atoms with Crippen molar-refractivity contribution >= 4 is 23.2 Å². The van der Waals surface area contributed by atoms with E-state index in [-0.39, 0.29) is 5.91 Å². The Hall–Kier alpha value is -2.93. The molecule has 0 bridgehead atoms. The van der Waals surface area contributed by atoms with Gasteiger partial charge in [-0.1, -0.05) is 12.1 Å². The van der Waals surface area contributed by atoms with Crippen LogP contribution < -0.4 is 10.2 Å². The van der Waals surface area contributed by atoms with Crippen molar-refractivity contribution in [3.63, 3.8) is 0 Å². The third-order valence-electron chi connectivity index (χ3n) is 5.31. The number of rotatable bonds is 4. The Labute approximate surface area is 170 Å². The fraction of sp³-hybridized carbons (Fsp3) is 0.409. The number of piperidine rings is 1. The third kappa shape index (κ3) is 4.10. The normalized spacial score (nSPS) is 15.0. The van der Waals surface area contributed by atoms with E-state index >= 15 is 0 Å². The summed E-state index contributed by atoms with van der Waals surface area (Å²) in [4.78, 5) is 19.6. The largest absolute Gasteiger partial charge is 0.386 e. The number of hydrogen-bond donors (Lipinski definition) is 2. The number of aliphatic hydroxyl groups is 1. The molecule has 0 aliphatic carbocycles. The number of anilines is 2. The van der Waals surface area contributed by atoms with Crippen LogP contribution in [0.5, 0.6) is 0 Å². The van der Waals surface area contributed by atoms with Gasteiger partial charge in [0.1, 0.15) is 11.6 Å². The second kappa shape index (κ2) is 7.48. The maximum Gasteiger partial charge on any atom is 0.256 e.